The predicted molar refractivity (Wildman–Crippen MR) is 124 cm³/mol. The number of terminal acetylenes is 2. The molecule has 1 aliphatic rings. The first kappa shape index (κ1) is 21.2. The molecule has 0 amide bonds. The van der Waals surface area contributed by atoms with Crippen LogP contribution in [-0.2, 0) is 5.41 Å². The molecule has 0 fully saturated rings. The summed E-state index contributed by atoms with van der Waals surface area (Å²) in [6.07, 6.45) is 16.0. The van der Waals surface area contributed by atoms with Crippen molar-refractivity contribution >= 4 is 0 Å². The van der Waals surface area contributed by atoms with Crippen molar-refractivity contribution < 1.29 is 0 Å². The Morgan fingerprint density at radius 1 is 0.724 bits per heavy atom. The zero-order chi connectivity index (χ0) is 21.0. The summed E-state index contributed by atoms with van der Waals surface area (Å²) >= 11 is 0. The summed E-state index contributed by atoms with van der Waals surface area (Å²) in [5.74, 6) is 5.69. The van der Waals surface area contributed by atoms with E-state index in [2.05, 4.69) is 86.2 Å². The van der Waals surface area contributed by atoms with Crippen LogP contribution in [0.2, 0.25) is 0 Å². The Kier molecular flexibility index (Phi) is 6.49. The minimum atomic E-state index is -0.0313. The minimum absolute atomic E-state index is 0.0313. The number of fused-ring (bicyclic) bond motifs is 3. The Bertz CT molecular complexity index is 874. The molecule has 0 bridgehead atoms. The molecule has 1 aliphatic carbocycles. The van der Waals surface area contributed by atoms with Gasteiger partial charge in [0.25, 0.3) is 0 Å². The normalized spacial score (nSPS) is 13.8. The molecule has 2 aromatic carbocycles. The van der Waals surface area contributed by atoms with Crippen LogP contribution in [0, 0.1) is 24.7 Å². The summed E-state index contributed by atoms with van der Waals surface area (Å²) in [6.45, 7) is 2.15. The molecule has 0 saturated carbocycles. The van der Waals surface area contributed by atoms with E-state index in [9.17, 15) is 0 Å². The van der Waals surface area contributed by atoms with Crippen molar-refractivity contribution in [3.63, 3.8) is 0 Å². The SMILES string of the molecule is C#Cc1ccc2c(c1)C(CCCN(C)C)(CCCN(C)C)c1cc(C#C)ccc1-2. The number of nitrogens with zero attached hydrogens (tertiary/aromatic N) is 2. The number of benzene rings is 2. The second kappa shape index (κ2) is 8.87. The molecular weight excluding hydrogens is 352 g/mol. The van der Waals surface area contributed by atoms with Crippen molar-refractivity contribution in [2.45, 2.75) is 31.1 Å². The first-order valence-electron chi connectivity index (χ1n) is 10.4. The van der Waals surface area contributed by atoms with E-state index >= 15 is 0 Å². The summed E-state index contributed by atoms with van der Waals surface area (Å²) in [5.41, 5.74) is 7.28. The molecule has 2 heteroatoms. The zero-order valence-corrected chi connectivity index (χ0v) is 18.3. The molecule has 0 unspecified atom stereocenters. The third-order valence-electron chi connectivity index (χ3n) is 6.11. The first-order chi connectivity index (χ1) is 13.9. The highest BCUT2D eigenvalue weighted by Gasteiger charge is 2.42. The van der Waals surface area contributed by atoms with E-state index in [1.807, 2.05) is 0 Å². The molecule has 0 aliphatic heterocycles. The van der Waals surface area contributed by atoms with Gasteiger partial charge in [-0.05, 0) is 113 Å². The van der Waals surface area contributed by atoms with Crippen molar-refractivity contribution in [2.24, 2.45) is 0 Å². The quantitative estimate of drug-likeness (QED) is 0.614. The predicted octanol–water partition coefficient (Wildman–Crippen LogP) is 4.60. The van der Waals surface area contributed by atoms with Gasteiger partial charge in [-0.2, -0.15) is 0 Å². The number of hydrogen-bond acceptors (Lipinski definition) is 2. The molecule has 150 valence electrons. The first-order valence-corrected chi connectivity index (χ1v) is 10.4. The smallest absolute Gasteiger partial charge is 0.0246 e. The molecule has 0 atom stereocenters. The second-order valence-corrected chi connectivity index (χ2v) is 8.71. The molecule has 2 nitrogen and oxygen atoms in total. The fourth-order valence-corrected chi connectivity index (χ4v) is 4.73. The van der Waals surface area contributed by atoms with Gasteiger partial charge in [0.2, 0.25) is 0 Å². The van der Waals surface area contributed by atoms with Crippen molar-refractivity contribution in [3.8, 4) is 35.8 Å². The molecule has 3 rings (SSSR count). The van der Waals surface area contributed by atoms with E-state index in [4.69, 9.17) is 12.8 Å². The average molecular weight is 385 g/mol. The summed E-state index contributed by atoms with van der Waals surface area (Å²) < 4.78 is 0. The van der Waals surface area contributed by atoms with Gasteiger partial charge in [-0.1, -0.05) is 24.0 Å². The van der Waals surface area contributed by atoms with Crippen LogP contribution in [-0.4, -0.2) is 51.1 Å². The fourth-order valence-electron chi connectivity index (χ4n) is 4.73. The largest absolute Gasteiger partial charge is 0.309 e. The zero-order valence-electron chi connectivity index (χ0n) is 18.3. The lowest BCUT2D eigenvalue weighted by Gasteiger charge is -2.34. The van der Waals surface area contributed by atoms with Crippen LogP contribution in [0.3, 0.4) is 0 Å². The van der Waals surface area contributed by atoms with E-state index in [1.54, 1.807) is 0 Å². The molecule has 0 radical (unpaired) electrons. The van der Waals surface area contributed by atoms with E-state index in [1.165, 1.54) is 22.3 Å². The van der Waals surface area contributed by atoms with Crippen LogP contribution in [0.15, 0.2) is 36.4 Å². The maximum Gasteiger partial charge on any atom is 0.0246 e. The lowest BCUT2D eigenvalue weighted by Crippen LogP contribution is -2.29. The third kappa shape index (κ3) is 4.25. The van der Waals surface area contributed by atoms with Gasteiger partial charge in [0.05, 0.1) is 0 Å². The van der Waals surface area contributed by atoms with Gasteiger partial charge in [0.1, 0.15) is 0 Å². The fraction of sp³-hybridized carbons (Fsp3) is 0.407. The molecule has 0 heterocycles. The summed E-state index contributed by atoms with van der Waals surface area (Å²) in [6, 6.07) is 13.0. The molecule has 0 saturated heterocycles. The third-order valence-corrected chi connectivity index (χ3v) is 6.11. The van der Waals surface area contributed by atoms with Crippen LogP contribution in [0.1, 0.15) is 47.9 Å². The van der Waals surface area contributed by atoms with Crippen LogP contribution in [0.25, 0.3) is 11.1 Å². The maximum atomic E-state index is 5.77. The summed E-state index contributed by atoms with van der Waals surface area (Å²) in [7, 11) is 8.56. The summed E-state index contributed by atoms with van der Waals surface area (Å²) in [4.78, 5) is 4.53. The topological polar surface area (TPSA) is 6.48 Å². The van der Waals surface area contributed by atoms with Crippen LogP contribution in [0.5, 0.6) is 0 Å². The van der Waals surface area contributed by atoms with Gasteiger partial charge >= 0.3 is 0 Å². The standard InChI is InChI=1S/C27H32N2/c1-7-21-11-13-23-24-14-12-22(8-2)20-26(24)27(25(23)19-21,15-9-17-28(3)4)16-10-18-29(5)6/h1-2,11-14,19-20H,9-10,15-18H2,3-6H3. The van der Waals surface area contributed by atoms with E-state index in [0.717, 1.165) is 49.9 Å². The molecule has 0 aromatic heterocycles. The lowest BCUT2D eigenvalue weighted by atomic mass is 9.70. The Morgan fingerprint density at radius 3 is 1.48 bits per heavy atom. The van der Waals surface area contributed by atoms with Crippen LogP contribution < -0.4 is 0 Å². The van der Waals surface area contributed by atoms with E-state index < -0.39 is 0 Å². The van der Waals surface area contributed by atoms with Crippen molar-refractivity contribution in [1.29, 1.82) is 0 Å². The van der Waals surface area contributed by atoms with Crippen LogP contribution in [0.4, 0.5) is 0 Å². The van der Waals surface area contributed by atoms with Gasteiger partial charge in [-0.3, -0.25) is 0 Å². The Balaban J connectivity index is 2.15. The highest BCUT2D eigenvalue weighted by molar-refractivity contribution is 5.82. The van der Waals surface area contributed by atoms with Gasteiger partial charge in [-0.15, -0.1) is 12.8 Å². The average Bonchev–Trinajstić information content (AvgIpc) is 2.96. The Labute approximate surface area is 176 Å². The molecule has 0 spiro atoms. The van der Waals surface area contributed by atoms with Gasteiger partial charge in [0.15, 0.2) is 0 Å². The minimum Gasteiger partial charge on any atom is -0.309 e. The monoisotopic (exact) mass is 384 g/mol. The van der Waals surface area contributed by atoms with Crippen molar-refractivity contribution in [1.82, 2.24) is 9.80 Å². The highest BCUT2D eigenvalue weighted by Crippen LogP contribution is 2.54. The molecule has 29 heavy (non-hydrogen) atoms. The van der Waals surface area contributed by atoms with Crippen LogP contribution >= 0.6 is 0 Å². The molecule has 2 aromatic rings. The van der Waals surface area contributed by atoms with E-state index in [-0.39, 0.29) is 5.41 Å². The Hall–Kier alpha value is -2.52. The van der Waals surface area contributed by atoms with Crippen molar-refractivity contribution in [3.05, 3.63) is 58.7 Å². The highest BCUT2D eigenvalue weighted by atomic mass is 15.1. The maximum absolute atomic E-state index is 5.77. The number of rotatable bonds is 8. The lowest BCUT2D eigenvalue weighted by molar-refractivity contribution is 0.328. The molecular formula is C27H32N2. The second-order valence-electron chi connectivity index (χ2n) is 8.71. The summed E-state index contributed by atoms with van der Waals surface area (Å²) in [5, 5.41) is 0. The van der Waals surface area contributed by atoms with Crippen molar-refractivity contribution in [2.75, 3.05) is 41.3 Å². The van der Waals surface area contributed by atoms with Gasteiger partial charge < -0.3 is 9.80 Å². The number of hydrogen-bond donors (Lipinski definition) is 0. The Morgan fingerprint density at radius 2 is 1.14 bits per heavy atom. The van der Waals surface area contributed by atoms with Gasteiger partial charge in [-0.25, -0.2) is 0 Å². The van der Waals surface area contributed by atoms with Gasteiger partial charge in [0, 0.05) is 16.5 Å². The molecule has 0 N–H and O–H groups in total. The van der Waals surface area contributed by atoms with E-state index in [0.29, 0.717) is 0 Å².